The van der Waals surface area contributed by atoms with Crippen molar-refractivity contribution in [2.75, 3.05) is 19.4 Å². The molecule has 1 aromatic rings. The molecule has 4 N–H and O–H groups in total. The Morgan fingerprint density at radius 2 is 2.15 bits per heavy atom. The molecule has 0 bridgehead atoms. The Balaban J connectivity index is 2.33. The third-order valence-electron chi connectivity index (χ3n) is 3.28. The van der Waals surface area contributed by atoms with E-state index < -0.39 is 24.0 Å². The van der Waals surface area contributed by atoms with Crippen LogP contribution in [0.2, 0.25) is 0 Å². The third-order valence-corrected chi connectivity index (χ3v) is 3.28. The van der Waals surface area contributed by atoms with Gasteiger partial charge in [0, 0.05) is 24.7 Å². The maximum absolute atomic E-state index is 12.4. The Morgan fingerprint density at radius 1 is 1.45 bits per heavy atom. The Labute approximate surface area is 115 Å². The van der Waals surface area contributed by atoms with Crippen molar-refractivity contribution >= 4 is 17.6 Å². The fraction of sp³-hybridized carbons (Fsp3) is 0.385. The summed E-state index contributed by atoms with van der Waals surface area (Å²) in [6.45, 7) is -0.0106. The lowest BCUT2D eigenvalue weighted by atomic mass is 10.1. The number of hydrogen-bond acceptors (Lipinski definition) is 5. The summed E-state index contributed by atoms with van der Waals surface area (Å²) in [6, 6.07) is 3.49. The normalized spacial score (nSPS) is 21.8. The molecular weight excluding hydrogens is 264 g/mol. The second kappa shape index (κ2) is 5.38. The molecule has 2 atom stereocenters. The molecule has 1 unspecified atom stereocenters. The number of β-amino-alcohol motifs (C(OH)–C–C–N with tert-alkyl or cyclic N) is 1. The van der Waals surface area contributed by atoms with Gasteiger partial charge in [0.15, 0.2) is 0 Å². The molecule has 1 aliphatic rings. The number of nitrogens with two attached hydrogens (primary N) is 1. The molecule has 0 aliphatic carbocycles. The number of likely N-dealkylation sites (tertiary alicyclic amines) is 1. The number of aliphatic hydroxyl groups excluding tert-OH is 1. The highest BCUT2D eigenvalue weighted by molar-refractivity contribution is 5.99. The number of aliphatic hydroxyl groups is 1. The van der Waals surface area contributed by atoms with Gasteiger partial charge < -0.3 is 25.6 Å². The lowest BCUT2D eigenvalue weighted by Gasteiger charge is -2.22. The molecule has 1 fully saturated rings. The van der Waals surface area contributed by atoms with Crippen molar-refractivity contribution in [3.05, 3.63) is 23.8 Å². The smallest absolute Gasteiger partial charge is 0.326 e. The number of nitrogen functional groups attached to an aromatic ring is 1. The van der Waals surface area contributed by atoms with Crippen molar-refractivity contribution in [3.8, 4) is 5.75 Å². The number of anilines is 1. The van der Waals surface area contributed by atoms with Crippen LogP contribution in [-0.4, -0.2) is 52.8 Å². The van der Waals surface area contributed by atoms with Crippen LogP contribution in [-0.2, 0) is 4.79 Å². The van der Waals surface area contributed by atoms with Gasteiger partial charge in [-0.05, 0) is 12.1 Å². The van der Waals surface area contributed by atoms with Crippen molar-refractivity contribution in [1.29, 1.82) is 0 Å². The molecule has 108 valence electrons. The average molecular weight is 280 g/mol. The van der Waals surface area contributed by atoms with Crippen LogP contribution in [0.5, 0.6) is 5.75 Å². The Bertz CT molecular complexity index is 546. The number of methoxy groups -OCH3 is 1. The molecule has 0 aromatic heterocycles. The number of carboxylic acids is 1. The van der Waals surface area contributed by atoms with E-state index in [1.54, 1.807) is 0 Å². The zero-order valence-corrected chi connectivity index (χ0v) is 10.9. The van der Waals surface area contributed by atoms with Gasteiger partial charge in [0.05, 0.1) is 18.8 Å². The van der Waals surface area contributed by atoms with Crippen LogP contribution < -0.4 is 10.5 Å². The van der Waals surface area contributed by atoms with Gasteiger partial charge in [-0.25, -0.2) is 4.79 Å². The number of nitrogens with zero attached hydrogens (tertiary/aromatic N) is 1. The summed E-state index contributed by atoms with van der Waals surface area (Å²) in [4.78, 5) is 24.7. The average Bonchev–Trinajstić information content (AvgIpc) is 2.80. The summed E-state index contributed by atoms with van der Waals surface area (Å²) in [7, 11) is 1.40. The number of carbonyl (C=O) groups is 2. The minimum Gasteiger partial charge on any atom is -0.496 e. The SMILES string of the molecule is COc1cc(N)ccc1C(=O)N1CC(O)C[C@H]1C(=O)O. The van der Waals surface area contributed by atoms with Gasteiger partial charge in [0.25, 0.3) is 5.91 Å². The van der Waals surface area contributed by atoms with Crippen molar-refractivity contribution in [1.82, 2.24) is 4.90 Å². The monoisotopic (exact) mass is 280 g/mol. The molecule has 1 heterocycles. The molecule has 0 saturated carbocycles. The molecule has 7 nitrogen and oxygen atoms in total. The summed E-state index contributed by atoms with van der Waals surface area (Å²) < 4.78 is 5.09. The van der Waals surface area contributed by atoms with Crippen LogP contribution in [0.1, 0.15) is 16.8 Å². The van der Waals surface area contributed by atoms with Crippen LogP contribution >= 0.6 is 0 Å². The summed E-state index contributed by atoms with van der Waals surface area (Å²) >= 11 is 0. The van der Waals surface area contributed by atoms with E-state index in [4.69, 9.17) is 15.6 Å². The quantitative estimate of drug-likeness (QED) is 0.668. The number of benzene rings is 1. The molecule has 1 amide bonds. The Kier molecular flexibility index (Phi) is 3.80. The van der Waals surface area contributed by atoms with Crippen LogP contribution in [0, 0.1) is 0 Å². The molecule has 1 aliphatic heterocycles. The molecule has 20 heavy (non-hydrogen) atoms. The fourth-order valence-electron chi connectivity index (χ4n) is 2.31. The summed E-state index contributed by atoms with van der Waals surface area (Å²) in [5.41, 5.74) is 6.28. The van der Waals surface area contributed by atoms with Gasteiger partial charge in [-0.1, -0.05) is 0 Å². The highest BCUT2D eigenvalue weighted by atomic mass is 16.5. The third kappa shape index (κ3) is 2.53. The van der Waals surface area contributed by atoms with E-state index in [0.29, 0.717) is 5.69 Å². The maximum atomic E-state index is 12.4. The van der Waals surface area contributed by atoms with Gasteiger partial charge in [-0.15, -0.1) is 0 Å². The van der Waals surface area contributed by atoms with E-state index in [9.17, 15) is 14.7 Å². The van der Waals surface area contributed by atoms with Gasteiger partial charge in [-0.3, -0.25) is 4.79 Å². The van der Waals surface area contributed by atoms with Crippen molar-refractivity contribution in [3.63, 3.8) is 0 Å². The molecule has 7 heteroatoms. The molecule has 1 aromatic carbocycles. The summed E-state index contributed by atoms with van der Waals surface area (Å²) in [6.07, 6.45) is -0.807. The van der Waals surface area contributed by atoms with Crippen molar-refractivity contribution in [2.45, 2.75) is 18.6 Å². The summed E-state index contributed by atoms with van der Waals surface area (Å²) in [5.74, 6) is -1.35. The fourth-order valence-corrected chi connectivity index (χ4v) is 2.31. The standard InChI is InChI=1S/C13H16N2O5/c1-20-11-4-7(14)2-3-9(11)12(17)15-6-8(16)5-10(15)13(18)19/h2-4,8,10,16H,5-6,14H2,1H3,(H,18,19)/t8?,10-/m0/s1. The van der Waals surface area contributed by atoms with E-state index in [1.807, 2.05) is 0 Å². The molecule has 0 radical (unpaired) electrons. The predicted molar refractivity (Wildman–Crippen MR) is 70.5 cm³/mol. The number of hydrogen-bond donors (Lipinski definition) is 3. The minimum atomic E-state index is -1.13. The highest BCUT2D eigenvalue weighted by Crippen LogP contribution is 2.27. The number of ether oxygens (including phenoxy) is 1. The largest absolute Gasteiger partial charge is 0.496 e. The first-order valence-corrected chi connectivity index (χ1v) is 6.09. The molecule has 0 spiro atoms. The van der Waals surface area contributed by atoms with Crippen molar-refractivity contribution in [2.24, 2.45) is 0 Å². The van der Waals surface area contributed by atoms with Crippen LogP contribution in [0.25, 0.3) is 0 Å². The predicted octanol–water partition coefficient (Wildman–Crippen LogP) is -0.0626. The topological polar surface area (TPSA) is 113 Å². The van der Waals surface area contributed by atoms with Crippen LogP contribution in [0.4, 0.5) is 5.69 Å². The van der Waals surface area contributed by atoms with Gasteiger partial charge in [0.1, 0.15) is 11.8 Å². The van der Waals surface area contributed by atoms with E-state index in [0.717, 1.165) is 4.90 Å². The first-order valence-electron chi connectivity index (χ1n) is 6.09. The number of aliphatic carboxylic acids is 1. The number of carbonyl (C=O) groups excluding carboxylic acids is 1. The second-order valence-corrected chi connectivity index (χ2v) is 4.66. The van der Waals surface area contributed by atoms with Crippen molar-refractivity contribution < 1.29 is 24.5 Å². The number of rotatable bonds is 3. The Hall–Kier alpha value is -2.28. The Morgan fingerprint density at radius 3 is 2.75 bits per heavy atom. The molecule has 1 saturated heterocycles. The van der Waals surface area contributed by atoms with Crippen LogP contribution in [0.3, 0.4) is 0 Å². The van der Waals surface area contributed by atoms with E-state index >= 15 is 0 Å². The first-order chi connectivity index (χ1) is 9.43. The number of amides is 1. The maximum Gasteiger partial charge on any atom is 0.326 e. The van der Waals surface area contributed by atoms with Gasteiger partial charge in [-0.2, -0.15) is 0 Å². The van der Waals surface area contributed by atoms with Crippen LogP contribution in [0.15, 0.2) is 18.2 Å². The summed E-state index contributed by atoms with van der Waals surface area (Å²) in [5, 5.41) is 18.7. The van der Waals surface area contributed by atoms with E-state index in [2.05, 4.69) is 0 Å². The first kappa shape index (κ1) is 14.1. The second-order valence-electron chi connectivity index (χ2n) is 4.66. The lowest BCUT2D eigenvalue weighted by Crippen LogP contribution is -2.40. The van der Waals surface area contributed by atoms with E-state index in [-0.39, 0.29) is 24.3 Å². The highest BCUT2D eigenvalue weighted by Gasteiger charge is 2.39. The lowest BCUT2D eigenvalue weighted by molar-refractivity contribution is -0.141. The van der Waals surface area contributed by atoms with Gasteiger partial charge >= 0.3 is 5.97 Å². The number of carboxylic acid groups (broad SMARTS) is 1. The molecule has 2 rings (SSSR count). The van der Waals surface area contributed by atoms with E-state index in [1.165, 1.54) is 25.3 Å². The molecular formula is C13H16N2O5. The minimum absolute atomic E-state index is 0.0106. The zero-order valence-electron chi connectivity index (χ0n) is 10.9. The van der Waals surface area contributed by atoms with Gasteiger partial charge in [0.2, 0.25) is 0 Å². The zero-order chi connectivity index (χ0) is 14.9.